The van der Waals surface area contributed by atoms with Gasteiger partial charge in [-0.15, -0.1) is 0 Å². The van der Waals surface area contributed by atoms with Crippen LogP contribution in [0, 0.1) is 0 Å². The Labute approximate surface area is 102 Å². The zero-order valence-corrected chi connectivity index (χ0v) is 10.6. The first kappa shape index (κ1) is 11.3. The minimum absolute atomic E-state index is 0.260. The monoisotopic (exact) mass is 290 g/mol. The number of ether oxygens (including phenoxy) is 1. The fraction of sp³-hybridized carbons (Fsp3) is 0.600. The van der Waals surface area contributed by atoms with Crippen LogP contribution in [-0.2, 0) is 11.2 Å². The zero-order valence-electron chi connectivity index (χ0n) is 8.25. The van der Waals surface area contributed by atoms with E-state index in [-0.39, 0.29) is 6.10 Å². The molecular formula is C10H12BrClN2O. The summed E-state index contributed by atoms with van der Waals surface area (Å²) in [7, 11) is 0. The van der Waals surface area contributed by atoms with Crippen LogP contribution in [0.15, 0.2) is 10.7 Å². The maximum Gasteiger partial charge on any atom is 0.146 e. The smallest absolute Gasteiger partial charge is 0.146 e. The third-order valence-corrected chi connectivity index (χ3v) is 3.53. The van der Waals surface area contributed by atoms with Crippen molar-refractivity contribution in [3.63, 3.8) is 0 Å². The van der Waals surface area contributed by atoms with Crippen molar-refractivity contribution in [2.24, 2.45) is 0 Å². The first-order valence-corrected chi connectivity index (χ1v) is 6.21. The van der Waals surface area contributed by atoms with Gasteiger partial charge in [0.15, 0.2) is 0 Å². The minimum Gasteiger partial charge on any atom is -0.378 e. The van der Waals surface area contributed by atoms with E-state index in [1.54, 1.807) is 6.20 Å². The van der Waals surface area contributed by atoms with E-state index in [2.05, 4.69) is 25.9 Å². The molecule has 0 aliphatic carbocycles. The highest BCUT2D eigenvalue weighted by atomic mass is 79.9. The van der Waals surface area contributed by atoms with Crippen LogP contribution in [0.3, 0.4) is 0 Å². The van der Waals surface area contributed by atoms with Crippen molar-refractivity contribution in [1.82, 2.24) is 9.97 Å². The molecule has 1 fully saturated rings. The van der Waals surface area contributed by atoms with E-state index < -0.39 is 0 Å². The molecular weight excluding hydrogens is 279 g/mol. The summed E-state index contributed by atoms with van der Waals surface area (Å²) in [5.41, 5.74) is 0. The molecule has 2 rings (SSSR count). The summed E-state index contributed by atoms with van der Waals surface area (Å²) < 4.78 is 6.35. The standard InChI is InChI=1S/C10H12BrClN2O/c11-8-6-13-9(14-10(8)12)5-7-3-1-2-4-15-7/h6-7H,1-5H2. The van der Waals surface area contributed by atoms with E-state index in [1.807, 2.05) is 0 Å². The van der Waals surface area contributed by atoms with Gasteiger partial charge in [-0.05, 0) is 35.2 Å². The second kappa shape index (κ2) is 5.23. The quantitative estimate of drug-likeness (QED) is 0.786. The van der Waals surface area contributed by atoms with Crippen LogP contribution < -0.4 is 0 Å². The van der Waals surface area contributed by atoms with Crippen LogP contribution in [-0.4, -0.2) is 22.7 Å². The van der Waals surface area contributed by atoms with E-state index in [0.717, 1.165) is 29.7 Å². The average Bonchev–Trinajstić information content (AvgIpc) is 2.25. The lowest BCUT2D eigenvalue weighted by atomic mass is 10.1. The summed E-state index contributed by atoms with van der Waals surface area (Å²) >= 11 is 9.16. The summed E-state index contributed by atoms with van der Waals surface area (Å²) in [4.78, 5) is 8.41. The average molecular weight is 292 g/mol. The van der Waals surface area contributed by atoms with Gasteiger partial charge in [0.05, 0.1) is 10.6 Å². The maximum absolute atomic E-state index is 5.89. The molecule has 0 radical (unpaired) electrons. The van der Waals surface area contributed by atoms with E-state index in [0.29, 0.717) is 5.15 Å². The molecule has 15 heavy (non-hydrogen) atoms. The molecule has 0 spiro atoms. The summed E-state index contributed by atoms with van der Waals surface area (Å²) in [6.07, 6.45) is 6.20. The van der Waals surface area contributed by atoms with Gasteiger partial charge in [-0.3, -0.25) is 0 Å². The van der Waals surface area contributed by atoms with Crippen LogP contribution in [0.2, 0.25) is 5.15 Å². The van der Waals surface area contributed by atoms with Crippen molar-refractivity contribution in [2.75, 3.05) is 6.61 Å². The Balaban J connectivity index is 2.00. The molecule has 1 unspecified atom stereocenters. The van der Waals surface area contributed by atoms with Crippen LogP contribution in [0.1, 0.15) is 25.1 Å². The van der Waals surface area contributed by atoms with Crippen LogP contribution in [0.4, 0.5) is 0 Å². The van der Waals surface area contributed by atoms with Crippen LogP contribution in [0.5, 0.6) is 0 Å². The molecule has 1 aromatic heterocycles. The maximum atomic E-state index is 5.89. The number of hydrogen-bond acceptors (Lipinski definition) is 3. The van der Waals surface area contributed by atoms with Gasteiger partial charge < -0.3 is 4.74 Å². The third-order valence-electron chi connectivity index (χ3n) is 2.44. The minimum atomic E-state index is 0.260. The van der Waals surface area contributed by atoms with Gasteiger partial charge in [-0.25, -0.2) is 9.97 Å². The predicted molar refractivity (Wildman–Crippen MR) is 62.0 cm³/mol. The second-order valence-electron chi connectivity index (χ2n) is 3.62. The highest BCUT2D eigenvalue weighted by Crippen LogP contribution is 2.20. The Morgan fingerprint density at radius 1 is 1.53 bits per heavy atom. The molecule has 1 aromatic rings. The Morgan fingerprint density at radius 3 is 3.07 bits per heavy atom. The number of aromatic nitrogens is 2. The second-order valence-corrected chi connectivity index (χ2v) is 4.83. The molecule has 1 aliphatic rings. The summed E-state index contributed by atoms with van der Waals surface area (Å²) in [5, 5.41) is 0.468. The van der Waals surface area contributed by atoms with Gasteiger partial charge in [0.1, 0.15) is 11.0 Å². The zero-order chi connectivity index (χ0) is 10.7. The Kier molecular flexibility index (Phi) is 3.94. The largest absolute Gasteiger partial charge is 0.378 e. The number of hydrogen-bond donors (Lipinski definition) is 0. The number of nitrogens with zero attached hydrogens (tertiary/aromatic N) is 2. The Bertz CT molecular complexity index is 342. The van der Waals surface area contributed by atoms with Crippen molar-refractivity contribution >= 4 is 27.5 Å². The van der Waals surface area contributed by atoms with E-state index >= 15 is 0 Å². The molecule has 3 nitrogen and oxygen atoms in total. The highest BCUT2D eigenvalue weighted by molar-refractivity contribution is 9.10. The van der Waals surface area contributed by atoms with Gasteiger partial charge in [0.2, 0.25) is 0 Å². The molecule has 1 saturated heterocycles. The predicted octanol–water partition coefficient (Wildman–Crippen LogP) is 3.00. The molecule has 0 amide bonds. The Morgan fingerprint density at radius 2 is 2.40 bits per heavy atom. The lowest BCUT2D eigenvalue weighted by Crippen LogP contribution is -2.22. The fourth-order valence-electron chi connectivity index (χ4n) is 1.65. The number of rotatable bonds is 2. The topological polar surface area (TPSA) is 35.0 Å². The molecule has 0 bridgehead atoms. The SMILES string of the molecule is Clc1nc(CC2CCCCO2)ncc1Br. The van der Waals surface area contributed by atoms with Gasteiger partial charge in [-0.1, -0.05) is 11.6 Å². The normalized spacial score (nSPS) is 21.6. The third kappa shape index (κ3) is 3.13. The molecule has 82 valence electrons. The lowest BCUT2D eigenvalue weighted by Gasteiger charge is -2.21. The molecule has 1 atom stereocenters. The molecule has 2 heterocycles. The molecule has 0 N–H and O–H groups in total. The van der Waals surface area contributed by atoms with Crippen molar-refractivity contribution in [1.29, 1.82) is 0 Å². The number of halogens is 2. The first-order valence-electron chi connectivity index (χ1n) is 5.04. The summed E-state index contributed by atoms with van der Waals surface area (Å²) in [5.74, 6) is 0.759. The van der Waals surface area contributed by atoms with Crippen molar-refractivity contribution in [2.45, 2.75) is 31.8 Å². The first-order chi connectivity index (χ1) is 7.25. The van der Waals surface area contributed by atoms with Crippen molar-refractivity contribution in [3.05, 3.63) is 21.6 Å². The fourth-order valence-corrected chi connectivity index (χ4v) is 1.99. The van der Waals surface area contributed by atoms with Gasteiger partial charge in [0, 0.05) is 19.2 Å². The van der Waals surface area contributed by atoms with E-state index in [1.165, 1.54) is 12.8 Å². The van der Waals surface area contributed by atoms with Crippen LogP contribution >= 0.6 is 27.5 Å². The summed E-state index contributed by atoms with van der Waals surface area (Å²) in [6, 6.07) is 0. The van der Waals surface area contributed by atoms with Gasteiger partial charge in [-0.2, -0.15) is 0 Å². The lowest BCUT2D eigenvalue weighted by molar-refractivity contribution is 0.0156. The highest BCUT2D eigenvalue weighted by Gasteiger charge is 2.16. The van der Waals surface area contributed by atoms with Crippen molar-refractivity contribution in [3.8, 4) is 0 Å². The molecule has 0 aromatic carbocycles. The Hall–Kier alpha value is -0.190. The van der Waals surface area contributed by atoms with Gasteiger partial charge in [0.25, 0.3) is 0 Å². The molecule has 1 aliphatic heterocycles. The molecule has 5 heteroatoms. The summed E-state index contributed by atoms with van der Waals surface area (Å²) in [6.45, 7) is 0.856. The van der Waals surface area contributed by atoms with E-state index in [9.17, 15) is 0 Å². The van der Waals surface area contributed by atoms with E-state index in [4.69, 9.17) is 16.3 Å². The molecule has 0 saturated carbocycles. The van der Waals surface area contributed by atoms with Gasteiger partial charge >= 0.3 is 0 Å². The van der Waals surface area contributed by atoms with Crippen molar-refractivity contribution < 1.29 is 4.74 Å². The van der Waals surface area contributed by atoms with Crippen LogP contribution in [0.25, 0.3) is 0 Å².